The number of nitrogens with two attached hydrogens (primary N) is 1. The third kappa shape index (κ3) is 3.32. The van der Waals surface area contributed by atoms with Gasteiger partial charge in [0.05, 0.1) is 0 Å². The number of nitrogens with zero attached hydrogens (tertiary/aromatic N) is 1. The summed E-state index contributed by atoms with van der Waals surface area (Å²) in [6.07, 6.45) is 3.30. The zero-order valence-electron chi connectivity index (χ0n) is 12.9. The molecule has 0 aliphatic rings. The number of thioether (sulfide) groups is 1. The van der Waals surface area contributed by atoms with Crippen molar-refractivity contribution in [2.24, 2.45) is 5.73 Å². The molecule has 0 amide bonds. The molecule has 112 valence electrons. The molecule has 2 aromatic carbocycles. The van der Waals surface area contributed by atoms with E-state index in [9.17, 15) is 0 Å². The lowest BCUT2D eigenvalue weighted by Gasteiger charge is -2.28. The van der Waals surface area contributed by atoms with Gasteiger partial charge in [-0.3, -0.25) is 5.41 Å². The molecule has 2 aromatic rings. The van der Waals surface area contributed by atoms with E-state index in [-0.39, 0.29) is 5.84 Å². The van der Waals surface area contributed by atoms with E-state index in [0.717, 1.165) is 28.5 Å². The van der Waals surface area contributed by atoms with Crippen LogP contribution in [-0.2, 0) is 0 Å². The second-order valence-electron chi connectivity index (χ2n) is 5.33. The van der Waals surface area contributed by atoms with Crippen molar-refractivity contribution in [3.8, 4) is 0 Å². The van der Waals surface area contributed by atoms with E-state index in [0.29, 0.717) is 6.04 Å². The van der Waals surface area contributed by atoms with Crippen molar-refractivity contribution >= 4 is 34.1 Å². The molecule has 0 aliphatic carbocycles. The molecule has 0 heterocycles. The van der Waals surface area contributed by atoms with Crippen LogP contribution in [0.1, 0.15) is 18.9 Å². The summed E-state index contributed by atoms with van der Waals surface area (Å²) in [4.78, 5) is 2.32. The summed E-state index contributed by atoms with van der Waals surface area (Å²) < 4.78 is 0. The van der Waals surface area contributed by atoms with Gasteiger partial charge in [0.2, 0.25) is 0 Å². The quantitative estimate of drug-likeness (QED) is 0.632. The summed E-state index contributed by atoms with van der Waals surface area (Å²) in [6.45, 7) is 2.25. The maximum absolute atomic E-state index is 7.73. The molecule has 0 aromatic heterocycles. The van der Waals surface area contributed by atoms with Crippen molar-refractivity contribution in [1.29, 1.82) is 5.41 Å². The fourth-order valence-corrected chi connectivity index (χ4v) is 3.12. The number of rotatable bonds is 6. The standard InChI is InChI=1S/C17H23N3S/c1-12(10-11-21-3)20(2)16-9-8-15(17(18)19)13-6-4-5-7-14(13)16/h4-9,12H,10-11H2,1-3H3,(H3,18,19). The molecular formula is C17H23N3S. The van der Waals surface area contributed by atoms with Crippen molar-refractivity contribution in [3.05, 3.63) is 42.0 Å². The maximum atomic E-state index is 7.73. The highest BCUT2D eigenvalue weighted by Crippen LogP contribution is 2.30. The minimum atomic E-state index is 0.121. The fraction of sp³-hybridized carbons (Fsp3) is 0.353. The second kappa shape index (κ2) is 6.85. The molecule has 3 N–H and O–H groups in total. The van der Waals surface area contributed by atoms with Crippen LogP contribution in [-0.4, -0.2) is 30.9 Å². The van der Waals surface area contributed by atoms with E-state index >= 15 is 0 Å². The van der Waals surface area contributed by atoms with Gasteiger partial charge in [0.15, 0.2) is 0 Å². The Kier molecular flexibility index (Phi) is 5.12. The highest BCUT2D eigenvalue weighted by Gasteiger charge is 2.14. The molecule has 0 saturated heterocycles. The van der Waals surface area contributed by atoms with Crippen LogP contribution in [0.15, 0.2) is 36.4 Å². The first kappa shape index (κ1) is 15.7. The molecular weight excluding hydrogens is 278 g/mol. The van der Waals surface area contributed by atoms with E-state index in [4.69, 9.17) is 11.1 Å². The van der Waals surface area contributed by atoms with Gasteiger partial charge in [0.1, 0.15) is 5.84 Å². The van der Waals surface area contributed by atoms with Crippen LogP contribution in [0.25, 0.3) is 10.8 Å². The number of nitrogen functional groups attached to an aromatic ring is 1. The number of fused-ring (bicyclic) bond motifs is 1. The average molecular weight is 301 g/mol. The predicted molar refractivity (Wildman–Crippen MR) is 95.8 cm³/mol. The normalized spacial score (nSPS) is 12.3. The number of nitrogens with one attached hydrogen (secondary N) is 1. The van der Waals surface area contributed by atoms with Gasteiger partial charge >= 0.3 is 0 Å². The van der Waals surface area contributed by atoms with Crippen LogP contribution in [0.4, 0.5) is 5.69 Å². The highest BCUT2D eigenvalue weighted by atomic mass is 32.2. The lowest BCUT2D eigenvalue weighted by molar-refractivity contribution is 0.671. The fourth-order valence-electron chi connectivity index (χ4n) is 2.55. The Morgan fingerprint density at radius 1 is 1.24 bits per heavy atom. The molecule has 21 heavy (non-hydrogen) atoms. The summed E-state index contributed by atoms with van der Waals surface area (Å²) >= 11 is 1.88. The molecule has 1 atom stereocenters. The Morgan fingerprint density at radius 3 is 2.52 bits per heavy atom. The Morgan fingerprint density at radius 2 is 1.90 bits per heavy atom. The zero-order chi connectivity index (χ0) is 15.4. The van der Waals surface area contributed by atoms with Crippen LogP contribution in [0.2, 0.25) is 0 Å². The topological polar surface area (TPSA) is 53.1 Å². The molecule has 0 spiro atoms. The van der Waals surface area contributed by atoms with Crippen molar-refractivity contribution in [2.45, 2.75) is 19.4 Å². The molecule has 2 rings (SSSR count). The number of hydrogen-bond acceptors (Lipinski definition) is 3. The zero-order valence-corrected chi connectivity index (χ0v) is 13.7. The van der Waals surface area contributed by atoms with Crippen molar-refractivity contribution in [3.63, 3.8) is 0 Å². The van der Waals surface area contributed by atoms with Gasteiger partial charge < -0.3 is 10.6 Å². The first-order valence-electron chi connectivity index (χ1n) is 7.14. The molecule has 0 bridgehead atoms. The average Bonchev–Trinajstić information content (AvgIpc) is 2.50. The summed E-state index contributed by atoms with van der Waals surface area (Å²) in [7, 11) is 2.14. The van der Waals surface area contributed by atoms with Crippen LogP contribution in [0, 0.1) is 5.41 Å². The van der Waals surface area contributed by atoms with E-state index in [2.05, 4.69) is 37.3 Å². The summed E-state index contributed by atoms with van der Waals surface area (Å²) in [6, 6.07) is 12.7. The number of amidine groups is 1. The number of hydrogen-bond donors (Lipinski definition) is 2. The number of benzene rings is 2. The van der Waals surface area contributed by atoms with E-state index < -0.39 is 0 Å². The molecule has 0 fully saturated rings. The van der Waals surface area contributed by atoms with Gasteiger partial charge in [0.25, 0.3) is 0 Å². The minimum Gasteiger partial charge on any atom is -0.384 e. The molecule has 0 saturated carbocycles. The van der Waals surface area contributed by atoms with E-state index in [1.54, 1.807) is 0 Å². The summed E-state index contributed by atoms with van der Waals surface area (Å²) in [5.41, 5.74) is 7.70. The van der Waals surface area contributed by atoms with Crippen LogP contribution in [0.5, 0.6) is 0 Å². The van der Waals surface area contributed by atoms with Gasteiger partial charge in [-0.15, -0.1) is 0 Å². The Bertz CT molecular complexity index is 639. The van der Waals surface area contributed by atoms with Gasteiger partial charge in [-0.1, -0.05) is 24.3 Å². The lowest BCUT2D eigenvalue weighted by atomic mass is 10.0. The predicted octanol–water partition coefficient (Wildman–Crippen LogP) is 3.70. The van der Waals surface area contributed by atoms with E-state index in [1.807, 2.05) is 36.0 Å². The van der Waals surface area contributed by atoms with Gasteiger partial charge in [0, 0.05) is 29.7 Å². The van der Waals surface area contributed by atoms with Gasteiger partial charge in [-0.25, -0.2) is 0 Å². The lowest BCUT2D eigenvalue weighted by Crippen LogP contribution is -2.29. The first-order chi connectivity index (χ1) is 10.1. The Hall–Kier alpha value is -1.68. The highest BCUT2D eigenvalue weighted by molar-refractivity contribution is 7.98. The molecule has 4 heteroatoms. The third-order valence-electron chi connectivity index (χ3n) is 3.97. The van der Waals surface area contributed by atoms with E-state index in [1.165, 1.54) is 5.69 Å². The largest absolute Gasteiger partial charge is 0.384 e. The third-order valence-corrected chi connectivity index (χ3v) is 4.62. The number of anilines is 1. The smallest absolute Gasteiger partial charge is 0.123 e. The van der Waals surface area contributed by atoms with Gasteiger partial charge in [-0.2, -0.15) is 11.8 Å². The van der Waals surface area contributed by atoms with Gasteiger partial charge in [-0.05, 0) is 42.9 Å². The molecule has 0 radical (unpaired) electrons. The minimum absolute atomic E-state index is 0.121. The van der Waals surface area contributed by atoms with Crippen molar-refractivity contribution in [2.75, 3.05) is 24.0 Å². The maximum Gasteiger partial charge on any atom is 0.123 e. The summed E-state index contributed by atoms with van der Waals surface area (Å²) in [5.74, 6) is 1.28. The van der Waals surface area contributed by atoms with Crippen LogP contribution >= 0.6 is 11.8 Å². The van der Waals surface area contributed by atoms with Crippen molar-refractivity contribution in [1.82, 2.24) is 0 Å². The second-order valence-corrected chi connectivity index (χ2v) is 6.32. The Labute approximate surface area is 131 Å². The van der Waals surface area contributed by atoms with Crippen LogP contribution in [0.3, 0.4) is 0 Å². The van der Waals surface area contributed by atoms with Crippen molar-refractivity contribution < 1.29 is 0 Å². The van der Waals surface area contributed by atoms with Crippen LogP contribution < -0.4 is 10.6 Å². The first-order valence-corrected chi connectivity index (χ1v) is 8.53. The summed E-state index contributed by atoms with van der Waals surface area (Å²) in [5, 5.41) is 9.94. The Balaban J connectivity index is 2.46. The molecule has 0 aliphatic heterocycles. The SMILES string of the molecule is CSCCC(C)N(C)c1ccc(C(=N)N)c2ccccc12. The molecule has 1 unspecified atom stereocenters. The molecule has 3 nitrogen and oxygen atoms in total. The monoisotopic (exact) mass is 301 g/mol.